The highest BCUT2D eigenvalue weighted by Crippen LogP contribution is 2.31. The molecule has 144 valence electrons. The Kier molecular flexibility index (Phi) is 5.50. The maximum absolute atomic E-state index is 14.0. The molecular formula is C17H23FN2O5S. The molecule has 1 amide bonds. The van der Waals surface area contributed by atoms with Crippen LogP contribution in [0.1, 0.15) is 19.3 Å². The Morgan fingerprint density at radius 1 is 1.23 bits per heavy atom. The lowest BCUT2D eigenvalue weighted by Crippen LogP contribution is -2.48. The van der Waals surface area contributed by atoms with Crippen molar-refractivity contribution in [2.45, 2.75) is 25.0 Å². The van der Waals surface area contributed by atoms with Crippen LogP contribution in [0.25, 0.3) is 0 Å². The minimum absolute atomic E-state index is 0.0177. The van der Waals surface area contributed by atoms with Gasteiger partial charge in [-0.25, -0.2) is 12.8 Å². The first kappa shape index (κ1) is 19.1. The number of para-hydroxylation sites is 1. The molecule has 7 nitrogen and oxygen atoms in total. The number of carbonyl (C=O) groups excluding carboxylic acids is 1. The van der Waals surface area contributed by atoms with Crippen LogP contribution in [0.2, 0.25) is 0 Å². The summed E-state index contributed by atoms with van der Waals surface area (Å²) in [5.41, 5.74) is -0.0480. The van der Waals surface area contributed by atoms with Gasteiger partial charge in [-0.2, -0.15) is 0 Å². The number of carbonyl (C=O) groups is 1. The van der Waals surface area contributed by atoms with Gasteiger partial charge in [0.15, 0.2) is 5.79 Å². The number of hydrogen-bond donors (Lipinski definition) is 0. The van der Waals surface area contributed by atoms with Crippen LogP contribution in [0.3, 0.4) is 0 Å². The van der Waals surface area contributed by atoms with Crippen LogP contribution in [0, 0.1) is 5.82 Å². The van der Waals surface area contributed by atoms with E-state index in [4.69, 9.17) is 9.47 Å². The van der Waals surface area contributed by atoms with Crippen molar-refractivity contribution in [3.63, 3.8) is 0 Å². The van der Waals surface area contributed by atoms with E-state index in [1.54, 1.807) is 11.0 Å². The normalized spacial score (nSPS) is 19.7. The Morgan fingerprint density at radius 2 is 1.85 bits per heavy atom. The van der Waals surface area contributed by atoms with Crippen molar-refractivity contribution < 1.29 is 27.1 Å². The fraction of sp³-hybridized carbons (Fsp3) is 0.588. The van der Waals surface area contributed by atoms with E-state index in [2.05, 4.69) is 0 Å². The molecule has 0 unspecified atom stereocenters. The van der Waals surface area contributed by atoms with Gasteiger partial charge in [0.05, 0.1) is 25.2 Å². The molecule has 26 heavy (non-hydrogen) atoms. The number of halogens is 1. The third-order valence-electron chi connectivity index (χ3n) is 4.74. The molecule has 0 atom stereocenters. The van der Waals surface area contributed by atoms with Gasteiger partial charge in [-0.05, 0) is 12.1 Å². The zero-order chi connectivity index (χ0) is 18.8. The van der Waals surface area contributed by atoms with Crippen LogP contribution < -0.4 is 4.31 Å². The molecule has 0 saturated carbocycles. The monoisotopic (exact) mass is 386 g/mol. The van der Waals surface area contributed by atoms with E-state index in [9.17, 15) is 17.6 Å². The van der Waals surface area contributed by atoms with Crippen molar-refractivity contribution in [2.24, 2.45) is 0 Å². The summed E-state index contributed by atoms with van der Waals surface area (Å²) in [5, 5.41) is 0. The Morgan fingerprint density at radius 3 is 2.42 bits per heavy atom. The molecule has 0 aliphatic carbocycles. The highest BCUT2D eigenvalue weighted by molar-refractivity contribution is 7.92. The van der Waals surface area contributed by atoms with Gasteiger partial charge in [0.25, 0.3) is 0 Å². The predicted octanol–water partition coefficient (Wildman–Crippen LogP) is 1.35. The number of likely N-dealkylation sites (tertiary alicyclic amines) is 1. The van der Waals surface area contributed by atoms with Gasteiger partial charge in [0.1, 0.15) is 5.82 Å². The second kappa shape index (κ2) is 7.50. The average Bonchev–Trinajstić information content (AvgIpc) is 3.04. The molecule has 2 aliphatic heterocycles. The van der Waals surface area contributed by atoms with Crippen molar-refractivity contribution >= 4 is 21.6 Å². The first-order valence-electron chi connectivity index (χ1n) is 8.59. The van der Waals surface area contributed by atoms with E-state index >= 15 is 0 Å². The molecule has 2 saturated heterocycles. The summed E-state index contributed by atoms with van der Waals surface area (Å²) in [4.78, 5) is 14.2. The third-order valence-corrected chi connectivity index (χ3v) is 5.92. The standard InChI is InChI=1S/C17H23FN2O5S/c1-26(22,23)20(15-5-3-2-4-14(15)18)9-6-16(21)19-10-7-17(8-11-19)24-12-13-25-17/h2-5H,6-13H2,1H3. The number of rotatable bonds is 5. The van der Waals surface area contributed by atoms with Crippen LogP contribution in [-0.2, 0) is 24.3 Å². The summed E-state index contributed by atoms with van der Waals surface area (Å²) in [6.07, 6.45) is 2.18. The van der Waals surface area contributed by atoms with Crippen molar-refractivity contribution in [3.8, 4) is 0 Å². The molecule has 0 aromatic heterocycles. The molecule has 1 spiro atoms. The second-order valence-electron chi connectivity index (χ2n) is 6.52. The number of nitrogens with zero attached hydrogens (tertiary/aromatic N) is 2. The zero-order valence-corrected chi connectivity index (χ0v) is 15.5. The number of hydrogen-bond acceptors (Lipinski definition) is 5. The predicted molar refractivity (Wildman–Crippen MR) is 93.7 cm³/mol. The summed E-state index contributed by atoms with van der Waals surface area (Å²) in [7, 11) is -3.70. The van der Waals surface area contributed by atoms with E-state index < -0.39 is 21.6 Å². The van der Waals surface area contributed by atoms with E-state index in [-0.39, 0.29) is 24.6 Å². The van der Waals surface area contributed by atoms with Crippen molar-refractivity contribution in [2.75, 3.05) is 43.4 Å². The Hall–Kier alpha value is -1.71. The van der Waals surface area contributed by atoms with Crippen LogP contribution in [0.4, 0.5) is 10.1 Å². The minimum atomic E-state index is -3.70. The van der Waals surface area contributed by atoms with E-state index in [0.717, 1.165) is 10.6 Å². The topological polar surface area (TPSA) is 76.2 Å². The maximum atomic E-state index is 14.0. The second-order valence-corrected chi connectivity index (χ2v) is 8.43. The molecule has 0 bridgehead atoms. The van der Waals surface area contributed by atoms with Gasteiger partial charge in [-0.1, -0.05) is 12.1 Å². The zero-order valence-electron chi connectivity index (χ0n) is 14.7. The van der Waals surface area contributed by atoms with Gasteiger partial charge < -0.3 is 14.4 Å². The SMILES string of the molecule is CS(=O)(=O)N(CCC(=O)N1CCC2(CC1)OCCO2)c1ccccc1F. The molecular weight excluding hydrogens is 363 g/mol. The van der Waals surface area contributed by atoms with Gasteiger partial charge in [-0.3, -0.25) is 9.10 Å². The van der Waals surface area contributed by atoms with Crippen LogP contribution >= 0.6 is 0 Å². The number of piperidine rings is 1. The van der Waals surface area contributed by atoms with E-state index in [1.165, 1.54) is 18.2 Å². The van der Waals surface area contributed by atoms with Gasteiger partial charge in [0, 0.05) is 38.9 Å². The van der Waals surface area contributed by atoms with Gasteiger partial charge in [-0.15, -0.1) is 0 Å². The molecule has 3 rings (SSSR count). The Labute approximate surface area is 152 Å². The van der Waals surface area contributed by atoms with E-state index in [1.807, 2.05) is 0 Å². The highest BCUT2D eigenvalue weighted by Gasteiger charge is 2.40. The summed E-state index contributed by atoms with van der Waals surface area (Å²) >= 11 is 0. The summed E-state index contributed by atoms with van der Waals surface area (Å²) in [6.45, 7) is 2.03. The maximum Gasteiger partial charge on any atom is 0.232 e. The van der Waals surface area contributed by atoms with Crippen molar-refractivity contribution in [3.05, 3.63) is 30.1 Å². The number of amides is 1. The average molecular weight is 386 g/mol. The lowest BCUT2D eigenvalue weighted by Gasteiger charge is -2.37. The molecule has 2 heterocycles. The third kappa shape index (κ3) is 4.16. The Balaban J connectivity index is 1.61. The number of anilines is 1. The smallest absolute Gasteiger partial charge is 0.232 e. The fourth-order valence-electron chi connectivity index (χ4n) is 3.36. The first-order valence-corrected chi connectivity index (χ1v) is 10.4. The molecule has 1 aromatic carbocycles. The van der Waals surface area contributed by atoms with Gasteiger partial charge in [0.2, 0.25) is 15.9 Å². The number of sulfonamides is 1. The van der Waals surface area contributed by atoms with Gasteiger partial charge >= 0.3 is 0 Å². The molecule has 0 radical (unpaired) electrons. The molecule has 0 N–H and O–H groups in total. The van der Waals surface area contributed by atoms with Crippen LogP contribution in [-0.4, -0.2) is 64.1 Å². The van der Waals surface area contributed by atoms with Crippen molar-refractivity contribution in [1.82, 2.24) is 4.90 Å². The van der Waals surface area contributed by atoms with E-state index in [0.29, 0.717) is 39.1 Å². The fourth-order valence-corrected chi connectivity index (χ4v) is 4.29. The Bertz CT molecular complexity index is 754. The quantitative estimate of drug-likeness (QED) is 0.764. The first-order chi connectivity index (χ1) is 12.3. The summed E-state index contributed by atoms with van der Waals surface area (Å²) in [6, 6.07) is 5.63. The number of benzene rings is 1. The molecule has 1 aromatic rings. The van der Waals surface area contributed by atoms with Crippen LogP contribution in [0.15, 0.2) is 24.3 Å². The minimum Gasteiger partial charge on any atom is -0.347 e. The molecule has 2 aliphatic rings. The van der Waals surface area contributed by atoms with Crippen molar-refractivity contribution in [1.29, 1.82) is 0 Å². The highest BCUT2D eigenvalue weighted by atomic mass is 32.2. The molecule has 2 fully saturated rings. The summed E-state index contributed by atoms with van der Waals surface area (Å²) < 4.78 is 50.3. The largest absolute Gasteiger partial charge is 0.347 e. The lowest BCUT2D eigenvalue weighted by molar-refractivity contribution is -0.187. The summed E-state index contributed by atoms with van der Waals surface area (Å²) in [5.74, 6) is -1.37. The van der Waals surface area contributed by atoms with Crippen LogP contribution in [0.5, 0.6) is 0 Å². The number of ether oxygens (including phenoxy) is 2. The lowest BCUT2D eigenvalue weighted by atomic mass is 10.0. The molecule has 9 heteroatoms.